The Morgan fingerprint density at radius 3 is 2.40 bits per heavy atom. The minimum Gasteiger partial charge on any atom is -0.389 e. The maximum absolute atomic E-state index is 10.8. The molecule has 5 heteroatoms. The highest BCUT2D eigenvalue weighted by molar-refractivity contribution is 5.75. The number of hydrogen-bond donors (Lipinski definition) is 2. The lowest BCUT2D eigenvalue weighted by Crippen LogP contribution is -2.24. The van der Waals surface area contributed by atoms with Gasteiger partial charge in [0, 0.05) is 0 Å². The van der Waals surface area contributed by atoms with Crippen LogP contribution in [0.3, 0.4) is 0 Å². The van der Waals surface area contributed by atoms with Gasteiger partial charge in [0.25, 0.3) is 0 Å². The highest BCUT2D eigenvalue weighted by atomic mass is 16.5. The maximum atomic E-state index is 10.8. The quantitative estimate of drug-likeness (QED) is 0.467. The van der Waals surface area contributed by atoms with Crippen LogP contribution < -0.4 is 0 Å². The molecule has 154 valence electrons. The van der Waals surface area contributed by atoms with E-state index in [4.69, 9.17) is 4.74 Å². The molecule has 0 saturated carbocycles. The van der Waals surface area contributed by atoms with Crippen LogP contribution >= 0.6 is 0 Å². The van der Waals surface area contributed by atoms with Crippen molar-refractivity contribution in [3.05, 3.63) is 101 Å². The molecule has 4 aromatic rings. The SMILES string of the molecule is Cc1ccccc1[C@H](OC[C@H](O)Cn1c(CO)nc2ccccc21)c1ccccc1. The van der Waals surface area contributed by atoms with Gasteiger partial charge in [0.05, 0.1) is 30.3 Å². The van der Waals surface area contributed by atoms with Gasteiger partial charge < -0.3 is 19.5 Å². The van der Waals surface area contributed by atoms with Crippen molar-refractivity contribution in [1.82, 2.24) is 9.55 Å². The van der Waals surface area contributed by atoms with E-state index in [2.05, 4.69) is 24.0 Å². The van der Waals surface area contributed by atoms with E-state index in [-0.39, 0.29) is 19.3 Å². The first-order valence-corrected chi connectivity index (χ1v) is 10.1. The number of rotatable bonds is 8. The summed E-state index contributed by atoms with van der Waals surface area (Å²) in [5.74, 6) is 0.536. The minimum absolute atomic E-state index is 0.158. The van der Waals surface area contributed by atoms with Crippen molar-refractivity contribution in [2.24, 2.45) is 0 Å². The number of para-hydroxylation sites is 2. The highest BCUT2D eigenvalue weighted by Crippen LogP contribution is 2.28. The molecule has 0 radical (unpaired) electrons. The van der Waals surface area contributed by atoms with Gasteiger partial charge in [-0.25, -0.2) is 4.98 Å². The third-order valence-corrected chi connectivity index (χ3v) is 5.30. The van der Waals surface area contributed by atoms with Gasteiger partial charge in [0.15, 0.2) is 0 Å². The molecule has 2 N–H and O–H groups in total. The van der Waals surface area contributed by atoms with Gasteiger partial charge in [0.1, 0.15) is 18.5 Å². The standard InChI is InChI=1S/C25H26N2O3/c1-18-9-5-6-12-21(18)25(19-10-3-2-4-11-19)30-17-20(29)15-27-23-14-8-7-13-22(23)26-24(27)16-28/h2-14,20,25,28-29H,15-17H2,1H3/t20-,25-/m1/s1. The lowest BCUT2D eigenvalue weighted by molar-refractivity contribution is -0.000932. The van der Waals surface area contributed by atoms with E-state index < -0.39 is 6.10 Å². The van der Waals surface area contributed by atoms with Crippen LogP contribution in [-0.4, -0.2) is 32.5 Å². The van der Waals surface area contributed by atoms with Crippen LogP contribution in [0, 0.1) is 6.92 Å². The number of nitrogens with zero attached hydrogens (tertiary/aromatic N) is 2. The number of ether oxygens (including phenoxy) is 1. The highest BCUT2D eigenvalue weighted by Gasteiger charge is 2.20. The number of benzene rings is 3. The molecule has 0 amide bonds. The van der Waals surface area contributed by atoms with E-state index in [0.717, 1.165) is 27.7 Å². The van der Waals surface area contributed by atoms with Crippen LogP contribution in [0.15, 0.2) is 78.9 Å². The fraction of sp³-hybridized carbons (Fsp3) is 0.240. The molecule has 0 saturated heterocycles. The minimum atomic E-state index is -0.747. The summed E-state index contributed by atoms with van der Waals surface area (Å²) in [6, 6.07) is 25.9. The average Bonchev–Trinajstić information content (AvgIpc) is 3.13. The smallest absolute Gasteiger partial charge is 0.135 e. The second-order valence-corrected chi connectivity index (χ2v) is 7.42. The Labute approximate surface area is 176 Å². The summed E-state index contributed by atoms with van der Waals surface area (Å²) in [4.78, 5) is 4.45. The van der Waals surface area contributed by atoms with Crippen molar-refractivity contribution in [3.8, 4) is 0 Å². The Kier molecular flexibility index (Phi) is 6.23. The third kappa shape index (κ3) is 4.28. The number of aryl methyl sites for hydroxylation is 1. The summed E-state index contributed by atoms with van der Waals surface area (Å²) in [7, 11) is 0. The predicted octanol–water partition coefficient (Wildman–Crippen LogP) is 4.00. The fourth-order valence-electron chi connectivity index (χ4n) is 3.79. The number of imidazole rings is 1. The molecule has 1 aromatic heterocycles. The first kappa shape index (κ1) is 20.3. The van der Waals surface area contributed by atoms with Crippen molar-refractivity contribution in [2.45, 2.75) is 32.3 Å². The summed E-state index contributed by atoms with van der Waals surface area (Å²) in [5.41, 5.74) is 4.96. The van der Waals surface area contributed by atoms with Gasteiger partial charge in [-0.3, -0.25) is 0 Å². The Hall–Kier alpha value is -2.99. The Bertz CT molecular complexity index is 1110. The molecule has 3 aromatic carbocycles. The van der Waals surface area contributed by atoms with Crippen LogP contribution in [0.1, 0.15) is 28.6 Å². The topological polar surface area (TPSA) is 67.5 Å². The first-order valence-electron chi connectivity index (χ1n) is 10.1. The van der Waals surface area contributed by atoms with E-state index in [1.165, 1.54) is 0 Å². The molecular formula is C25H26N2O3. The molecule has 0 bridgehead atoms. The normalized spacial score (nSPS) is 13.4. The monoisotopic (exact) mass is 402 g/mol. The van der Waals surface area contributed by atoms with E-state index in [1.54, 1.807) is 0 Å². The maximum Gasteiger partial charge on any atom is 0.135 e. The lowest BCUT2D eigenvalue weighted by Gasteiger charge is -2.23. The van der Waals surface area contributed by atoms with Gasteiger partial charge in [-0.2, -0.15) is 0 Å². The molecule has 4 rings (SSSR count). The summed E-state index contributed by atoms with van der Waals surface area (Å²) >= 11 is 0. The molecule has 5 nitrogen and oxygen atoms in total. The summed E-state index contributed by atoms with van der Waals surface area (Å²) in [5, 5.41) is 20.4. The van der Waals surface area contributed by atoms with Crippen molar-refractivity contribution < 1.29 is 14.9 Å². The van der Waals surface area contributed by atoms with Gasteiger partial charge in [0.2, 0.25) is 0 Å². The fourth-order valence-corrected chi connectivity index (χ4v) is 3.79. The Balaban J connectivity index is 1.54. The van der Waals surface area contributed by atoms with Gasteiger partial charge in [-0.05, 0) is 35.7 Å². The lowest BCUT2D eigenvalue weighted by atomic mass is 9.97. The number of aromatic nitrogens is 2. The Morgan fingerprint density at radius 1 is 0.933 bits per heavy atom. The molecule has 0 spiro atoms. The number of aliphatic hydroxyl groups excluding tert-OH is 2. The number of fused-ring (bicyclic) bond motifs is 1. The average molecular weight is 402 g/mol. The third-order valence-electron chi connectivity index (χ3n) is 5.30. The molecule has 0 aliphatic carbocycles. The molecule has 1 heterocycles. The van der Waals surface area contributed by atoms with Crippen molar-refractivity contribution in [3.63, 3.8) is 0 Å². The molecule has 2 atom stereocenters. The molecule has 30 heavy (non-hydrogen) atoms. The molecule has 0 aliphatic rings. The summed E-state index contributed by atoms with van der Waals surface area (Å²) in [6.45, 7) is 2.34. The second kappa shape index (κ2) is 9.22. The Morgan fingerprint density at radius 2 is 1.63 bits per heavy atom. The predicted molar refractivity (Wildman–Crippen MR) is 117 cm³/mol. The molecule has 0 fully saturated rings. The van der Waals surface area contributed by atoms with Crippen molar-refractivity contribution in [1.29, 1.82) is 0 Å². The largest absolute Gasteiger partial charge is 0.389 e. The van der Waals surface area contributed by atoms with E-state index in [9.17, 15) is 10.2 Å². The molecule has 0 aliphatic heterocycles. The van der Waals surface area contributed by atoms with Crippen LogP contribution in [0.5, 0.6) is 0 Å². The zero-order chi connectivity index (χ0) is 20.9. The van der Waals surface area contributed by atoms with Crippen molar-refractivity contribution in [2.75, 3.05) is 6.61 Å². The number of hydrogen-bond acceptors (Lipinski definition) is 4. The van der Waals surface area contributed by atoms with Crippen LogP contribution in [-0.2, 0) is 17.9 Å². The first-order chi connectivity index (χ1) is 14.7. The van der Waals surface area contributed by atoms with Gasteiger partial charge >= 0.3 is 0 Å². The van der Waals surface area contributed by atoms with E-state index in [1.807, 2.05) is 71.3 Å². The van der Waals surface area contributed by atoms with Crippen LogP contribution in [0.4, 0.5) is 0 Å². The summed E-state index contributed by atoms with van der Waals surface area (Å²) in [6.07, 6.45) is -1.01. The van der Waals surface area contributed by atoms with Gasteiger partial charge in [-0.15, -0.1) is 0 Å². The van der Waals surface area contributed by atoms with Gasteiger partial charge in [-0.1, -0.05) is 66.7 Å². The zero-order valence-electron chi connectivity index (χ0n) is 17.0. The molecular weight excluding hydrogens is 376 g/mol. The summed E-state index contributed by atoms with van der Waals surface area (Å²) < 4.78 is 8.10. The zero-order valence-corrected chi connectivity index (χ0v) is 17.0. The second-order valence-electron chi connectivity index (χ2n) is 7.42. The van der Waals surface area contributed by atoms with E-state index in [0.29, 0.717) is 12.4 Å². The van der Waals surface area contributed by atoms with E-state index >= 15 is 0 Å². The number of aliphatic hydroxyl groups is 2. The van der Waals surface area contributed by atoms with Crippen LogP contribution in [0.2, 0.25) is 0 Å². The molecule has 0 unspecified atom stereocenters. The van der Waals surface area contributed by atoms with Crippen molar-refractivity contribution >= 4 is 11.0 Å². The van der Waals surface area contributed by atoms with Crippen LogP contribution in [0.25, 0.3) is 11.0 Å².